The van der Waals surface area contributed by atoms with Crippen LogP contribution in [0.3, 0.4) is 0 Å². The molecule has 1 rings (SSSR count). The Morgan fingerprint density at radius 2 is 2.21 bits per heavy atom. The summed E-state index contributed by atoms with van der Waals surface area (Å²) >= 11 is 1.91. The zero-order valence-corrected chi connectivity index (χ0v) is 13.8. The third-order valence-corrected chi connectivity index (χ3v) is 4.15. The number of nitrogens with one attached hydrogen (secondary N) is 1. The predicted octanol–water partition coefficient (Wildman–Crippen LogP) is 3.27. The summed E-state index contributed by atoms with van der Waals surface area (Å²) in [5.74, 6) is 3.36. The second-order valence-corrected chi connectivity index (χ2v) is 6.13. The third kappa shape index (κ3) is 5.59. The predicted molar refractivity (Wildman–Crippen MR) is 84.8 cm³/mol. The van der Waals surface area contributed by atoms with E-state index in [2.05, 4.69) is 50.4 Å². The highest BCUT2D eigenvalue weighted by Gasteiger charge is 2.13. The van der Waals surface area contributed by atoms with Crippen LogP contribution >= 0.6 is 11.8 Å². The van der Waals surface area contributed by atoms with Gasteiger partial charge in [-0.25, -0.2) is 0 Å². The lowest BCUT2D eigenvalue weighted by Gasteiger charge is -2.23. The summed E-state index contributed by atoms with van der Waals surface area (Å²) in [6.45, 7) is 9.21. The molecule has 4 heteroatoms. The number of hydrogen-bond donors (Lipinski definition) is 1. The molecule has 0 aliphatic heterocycles. The molecule has 0 aliphatic carbocycles. The van der Waals surface area contributed by atoms with Crippen LogP contribution in [0.5, 0.6) is 0 Å². The zero-order valence-electron chi connectivity index (χ0n) is 13.0. The Hall–Kier alpha value is -0.450. The number of nitrogens with zero attached hydrogens (tertiary/aromatic N) is 1. The number of aryl methyl sites for hydroxylation is 1. The van der Waals surface area contributed by atoms with Gasteiger partial charge < -0.3 is 9.73 Å². The summed E-state index contributed by atoms with van der Waals surface area (Å²) in [6.07, 6.45) is 3.39. The highest BCUT2D eigenvalue weighted by molar-refractivity contribution is 7.98. The van der Waals surface area contributed by atoms with Gasteiger partial charge in [0.1, 0.15) is 11.5 Å². The molecular weight excluding hydrogens is 256 g/mol. The van der Waals surface area contributed by atoms with Crippen molar-refractivity contribution in [2.75, 3.05) is 25.6 Å². The summed E-state index contributed by atoms with van der Waals surface area (Å²) in [5, 5.41) is 3.31. The van der Waals surface area contributed by atoms with Gasteiger partial charge in [-0.2, -0.15) is 11.8 Å². The number of furan rings is 1. The van der Waals surface area contributed by atoms with Crippen molar-refractivity contribution in [3.8, 4) is 0 Å². The molecular formula is C15H28N2OS. The van der Waals surface area contributed by atoms with Crippen molar-refractivity contribution in [2.45, 2.75) is 46.3 Å². The van der Waals surface area contributed by atoms with Gasteiger partial charge in [-0.15, -0.1) is 0 Å². The number of hydrogen-bond acceptors (Lipinski definition) is 4. The first kappa shape index (κ1) is 16.6. The Balaban J connectivity index is 2.51. The van der Waals surface area contributed by atoms with E-state index in [4.69, 9.17) is 4.42 Å². The molecule has 3 nitrogen and oxygen atoms in total. The summed E-state index contributed by atoms with van der Waals surface area (Å²) in [4.78, 5) is 2.37. The maximum atomic E-state index is 5.93. The van der Waals surface area contributed by atoms with E-state index in [0.29, 0.717) is 6.04 Å². The Morgan fingerprint density at radius 3 is 2.84 bits per heavy atom. The van der Waals surface area contributed by atoms with Gasteiger partial charge in [0.2, 0.25) is 0 Å². The van der Waals surface area contributed by atoms with E-state index in [0.717, 1.165) is 31.2 Å². The molecule has 1 atom stereocenters. The summed E-state index contributed by atoms with van der Waals surface area (Å²) in [5.41, 5.74) is 1.25. The summed E-state index contributed by atoms with van der Waals surface area (Å²) < 4.78 is 5.93. The monoisotopic (exact) mass is 284 g/mol. The van der Waals surface area contributed by atoms with Crippen molar-refractivity contribution in [3.63, 3.8) is 0 Å². The minimum absolute atomic E-state index is 0.593. The highest BCUT2D eigenvalue weighted by atomic mass is 32.2. The van der Waals surface area contributed by atoms with Crippen LogP contribution in [0.2, 0.25) is 0 Å². The molecule has 0 spiro atoms. The summed E-state index contributed by atoms with van der Waals surface area (Å²) in [6, 6.07) is 2.76. The maximum Gasteiger partial charge on any atom is 0.120 e. The van der Waals surface area contributed by atoms with Gasteiger partial charge in [-0.3, -0.25) is 4.90 Å². The maximum absolute atomic E-state index is 5.93. The average molecular weight is 284 g/mol. The zero-order chi connectivity index (χ0) is 14.3. The van der Waals surface area contributed by atoms with E-state index >= 15 is 0 Å². The first-order chi connectivity index (χ1) is 9.08. The lowest BCUT2D eigenvalue weighted by molar-refractivity contribution is 0.223. The van der Waals surface area contributed by atoms with E-state index in [1.807, 2.05) is 11.8 Å². The Morgan fingerprint density at radius 1 is 1.47 bits per heavy atom. The van der Waals surface area contributed by atoms with Crippen LogP contribution in [-0.4, -0.2) is 36.5 Å². The molecule has 1 heterocycles. The molecule has 0 amide bonds. The largest absolute Gasteiger partial charge is 0.463 e. The minimum Gasteiger partial charge on any atom is -0.463 e. The van der Waals surface area contributed by atoms with Gasteiger partial charge in [0.25, 0.3) is 0 Å². The van der Waals surface area contributed by atoms with Crippen molar-refractivity contribution < 1.29 is 4.42 Å². The quantitative estimate of drug-likeness (QED) is 0.753. The van der Waals surface area contributed by atoms with E-state index < -0.39 is 0 Å². The van der Waals surface area contributed by atoms with Crippen molar-refractivity contribution in [2.24, 2.45) is 0 Å². The molecule has 0 bridgehead atoms. The third-order valence-electron chi connectivity index (χ3n) is 3.50. The van der Waals surface area contributed by atoms with Gasteiger partial charge in [-0.05, 0) is 57.5 Å². The van der Waals surface area contributed by atoms with Gasteiger partial charge >= 0.3 is 0 Å². The van der Waals surface area contributed by atoms with Gasteiger partial charge in [0, 0.05) is 6.04 Å². The standard InChI is InChI=1S/C15H28N2OS/c1-6-16-10-15-12(2)9-14(18-15)11-17(4)13(3)7-8-19-5/h9,13,16H,6-8,10-11H2,1-5H3. The molecule has 1 N–H and O–H groups in total. The molecule has 0 radical (unpaired) electrons. The van der Waals surface area contributed by atoms with E-state index in [9.17, 15) is 0 Å². The van der Waals surface area contributed by atoms with Crippen LogP contribution in [0, 0.1) is 6.92 Å². The fraction of sp³-hybridized carbons (Fsp3) is 0.733. The van der Waals surface area contributed by atoms with E-state index in [1.165, 1.54) is 17.7 Å². The first-order valence-electron chi connectivity index (χ1n) is 7.06. The fourth-order valence-corrected chi connectivity index (χ4v) is 2.57. The van der Waals surface area contributed by atoms with Gasteiger partial charge in [0.05, 0.1) is 13.1 Å². The lowest BCUT2D eigenvalue weighted by Crippen LogP contribution is -2.28. The Labute approximate surface area is 122 Å². The molecule has 0 aromatic carbocycles. The number of thioether (sulfide) groups is 1. The second kappa shape index (κ2) is 8.67. The molecule has 0 saturated heterocycles. The van der Waals surface area contributed by atoms with Crippen molar-refractivity contribution >= 4 is 11.8 Å². The molecule has 1 aromatic heterocycles. The smallest absolute Gasteiger partial charge is 0.120 e. The SMILES string of the molecule is CCNCc1oc(CN(C)C(C)CCSC)cc1C. The molecule has 19 heavy (non-hydrogen) atoms. The van der Waals surface area contributed by atoms with Crippen LogP contribution < -0.4 is 5.32 Å². The van der Waals surface area contributed by atoms with Crippen molar-refractivity contribution in [1.29, 1.82) is 0 Å². The van der Waals surface area contributed by atoms with Crippen LogP contribution in [0.4, 0.5) is 0 Å². The van der Waals surface area contributed by atoms with Crippen LogP contribution in [0.15, 0.2) is 10.5 Å². The Bertz CT molecular complexity index is 365. The van der Waals surface area contributed by atoms with E-state index in [1.54, 1.807) is 0 Å². The lowest BCUT2D eigenvalue weighted by atomic mass is 10.2. The van der Waals surface area contributed by atoms with E-state index in [-0.39, 0.29) is 0 Å². The molecule has 0 fully saturated rings. The minimum atomic E-state index is 0.593. The fourth-order valence-electron chi connectivity index (χ4n) is 1.99. The molecule has 1 aromatic rings. The topological polar surface area (TPSA) is 28.4 Å². The average Bonchev–Trinajstić information content (AvgIpc) is 2.73. The van der Waals surface area contributed by atoms with Gasteiger partial charge in [-0.1, -0.05) is 6.92 Å². The second-order valence-electron chi connectivity index (χ2n) is 5.14. The van der Waals surface area contributed by atoms with Crippen LogP contribution in [-0.2, 0) is 13.1 Å². The van der Waals surface area contributed by atoms with Crippen molar-refractivity contribution in [3.05, 3.63) is 23.2 Å². The number of rotatable bonds is 9. The first-order valence-corrected chi connectivity index (χ1v) is 8.45. The molecule has 0 aliphatic rings. The normalized spacial score (nSPS) is 13.2. The molecule has 110 valence electrons. The van der Waals surface area contributed by atoms with Gasteiger partial charge in [0.15, 0.2) is 0 Å². The van der Waals surface area contributed by atoms with Crippen LogP contribution in [0.25, 0.3) is 0 Å². The van der Waals surface area contributed by atoms with Crippen molar-refractivity contribution in [1.82, 2.24) is 10.2 Å². The molecule has 0 saturated carbocycles. The Kier molecular flexibility index (Phi) is 7.57. The van der Waals surface area contributed by atoms with Crippen LogP contribution in [0.1, 0.15) is 37.4 Å². The summed E-state index contributed by atoms with van der Waals surface area (Å²) in [7, 11) is 2.17. The highest BCUT2D eigenvalue weighted by Crippen LogP contribution is 2.17. The molecule has 1 unspecified atom stereocenters.